The molecule has 2 nitrogen and oxygen atoms in total. The lowest BCUT2D eigenvalue weighted by Crippen LogP contribution is -2.00. The Balaban J connectivity index is 1.95. The van der Waals surface area contributed by atoms with Gasteiger partial charge in [-0.25, -0.2) is 0 Å². The number of benzene rings is 2. The summed E-state index contributed by atoms with van der Waals surface area (Å²) in [6.07, 6.45) is 3.61. The first kappa shape index (κ1) is 14.4. The molecule has 0 aromatic heterocycles. The quantitative estimate of drug-likeness (QED) is 0.784. The number of anilines is 1. The van der Waals surface area contributed by atoms with Crippen LogP contribution in [0.5, 0.6) is 5.75 Å². The van der Waals surface area contributed by atoms with E-state index in [2.05, 4.69) is 25.1 Å². The molecule has 106 valence electrons. The molecule has 0 amide bonds. The Morgan fingerprint density at radius 1 is 1.05 bits per heavy atom. The molecule has 2 heteroatoms. The van der Waals surface area contributed by atoms with E-state index in [1.165, 1.54) is 18.4 Å². The Labute approximate surface area is 121 Å². The smallest absolute Gasteiger partial charge is 0.119 e. The second-order valence-electron chi connectivity index (χ2n) is 5.17. The highest BCUT2D eigenvalue weighted by Gasteiger charge is 2.02. The SMILES string of the molecule is CCCCc1ccc(OCc2cccc(N)c2C)cc1. The zero-order valence-corrected chi connectivity index (χ0v) is 12.4. The topological polar surface area (TPSA) is 35.2 Å². The van der Waals surface area contributed by atoms with Crippen LogP contribution in [0.2, 0.25) is 0 Å². The van der Waals surface area contributed by atoms with E-state index in [1.54, 1.807) is 0 Å². The minimum absolute atomic E-state index is 0.561. The van der Waals surface area contributed by atoms with Gasteiger partial charge >= 0.3 is 0 Å². The maximum atomic E-state index is 5.90. The third kappa shape index (κ3) is 3.77. The van der Waals surface area contributed by atoms with Crippen molar-refractivity contribution in [3.05, 3.63) is 59.2 Å². The van der Waals surface area contributed by atoms with Crippen LogP contribution in [0.1, 0.15) is 36.5 Å². The van der Waals surface area contributed by atoms with Crippen LogP contribution in [0.4, 0.5) is 5.69 Å². The van der Waals surface area contributed by atoms with E-state index >= 15 is 0 Å². The zero-order chi connectivity index (χ0) is 14.4. The Morgan fingerprint density at radius 2 is 1.80 bits per heavy atom. The highest BCUT2D eigenvalue weighted by molar-refractivity contribution is 5.49. The average Bonchev–Trinajstić information content (AvgIpc) is 2.48. The Hall–Kier alpha value is -1.96. The van der Waals surface area contributed by atoms with Gasteiger partial charge in [0.25, 0.3) is 0 Å². The van der Waals surface area contributed by atoms with Gasteiger partial charge in [-0.15, -0.1) is 0 Å². The van der Waals surface area contributed by atoms with Crippen LogP contribution < -0.4 is 10.5 Å². The Kier molecular flexibility index (Phi) is 5.05. The van der Waals surface area contributed by atoms with E-state index in [1.807, 2.05) is 31.2 Å². The van der Waals surface area contributed by atoms with Crippen LogP contribution >= 0.6 is 0 Å². The van der Waals surface area contributed by atoms with Crippen molar-refractivity contribution in [3.63, 3.8) is 0 Å². The van der Waals surface area contributed by atoms with Crippen molar-refractivity contribution >= 4 is 5.69 Å². The van der Waals surface area contributed by atoms with Gasteiger partial charge in [-0.1, -0.05) is 37.6 Å². The van der Waals surface area contributed by atoms with Crippen molar-refractivity contribution in [1.82, 2.24) is 0 Å². The molecule has 0 spiro atoms. The van der Waals surface area contributed by atoms with E-state index < -0.39 is 0 Å². The van der Waals surface area contributed by atoms with Gasteiger partial charge in [-0.05, 0) is 54.7 Å². The molecule has 2 rings (SSSR count). The minimum atomic E-state index is 0.561. The van der Waals surface area contributed by atoms with Gasteiger partial charge in [0.15, 0.2) is 0 Å². The zero-order valence-electron chi connectivity index (χ0n) is 12.4. The van der Waals surface area contributed by atoms with Gasteiger partial charge in [0.05, 0.1) is 0 Å². The summed E-state index contributed by atoms with van der Waals surface area (Å²) in [5.41, 5.74) is 10.3. The second-order valence-corrected chi connectivity index (χ2v) is 5.17. The van der Waals surface area contributed by atoms with Gasteiger partial charge in [-0.3, -0.25) is 0 Å². The molecule has 0 unspecified atom stereocenters. The lowest BCUT2D eigenvalue weighted by molar-refractivity contribution is 0.305. The number of ether oxygens (including phenoxy) is 1. The van der Waals surface area contributed by atoms with Crippen LogP contribution in [0.3, 0.4) is 0 Å². The van der Waals surface area contributed by atoms with Gasteiger partial charge in [-0.2, -0.15) is 0 Å². The van der Waals surface area contributed by atoms with Gasteiger partial charge < -0.3 is 10.5 Å². The predicted octanol–water partition coefficient (Wildman–Crippen LogP) is 4.50. The second kappa shape index (κ2) is 6.99. The molecular formula is C18H23NO. The summed E-state index contributed by atoms with van der Waals surface area (Å²) in [4.78, 5) is 0. The fraction of sp³-hybridized carbons (Fsp3) is 0.333. The molecule has 0 atom stereocenters. The first-order valence-corrected chi connectivity index (χ1v) is 7.26. The first-order valence-electron chi connectivity index (χ1n) is 7.26. The number of unbranched alkanes of at least 4 members (excludes halogenated alkanes) is 1. The van der Waals surface area contributed by atoms with Crippen molar-refractivity contribution in [2.75, 3.05) is 5.73 Å². The lowest BCUT2D eigenvalue weighted by atomic mass is 10.1. The minimum Gasteiger partial charge on any atom is -0.489 e. The number of hydrogen-bond donors (Lipinski definition) is 1. The summed E-state index contributed by atoms with van der Waals surface area (Å²) in [5.74, 6) is 0.909. The first-order chi connectivity index (χ1) is 9.70. The molecule has 0 aliphatic rings. The summed E-state index contributed by atoms with van der Waals surface area (Å²) >= 11 is 0. The summed E-state index contributed by atoms with van der Waals surface area (Å²) in [6, 6.07) is 14.3. The maximum Gasteiger partial charge on any atom is 0.119 e. The van der Waals surface area contributed by atoms with Gasteiger partial charge in [0.1, 0.15) is 12.4 Å². The molecule has 0 fully saturated rings. The van der Waals surface area contributed by atoms with Crippen molar-refractivity contribution in [2.45, 2.75) is 39.7 Å². The normalized spacial score (nSPS) is 10.5. The van der Waals surface area contributed by atoms with Crippen LogP contribution in [0, 0.1) is 6.92 Å². The molecule has 0 aliphatic carbocycles. The molecule has 20 heavy (non-hydrogen) atoms. The molecule has 0 bridgehead atoms. The fourth-order valence-corrected chi connectivity index (χ4v) is 2.15. The third-order valence-electron chi connectivity index (χ3n) is 3.62. The largest absolute Gasteiger partial charge is 0.489 e. The molecule has 0 heterocycles. The summed E-state index contributed by atoms with van der Waals surface area (Å²) in [5, 5.41) is 0. The van der Waals surface area contributed by atoms with Crippen molar-refractivity contribution in [3.8, 4) is 5.75 Å². The van der Waals surface area contributed by atoms with Crippen LogP contribution in [0.15, 0.2) is 42.5 Å². The van der Waals surface area contributed by atoms with Gasteiger partial charge in [0, 0.05) is 5.69 Å². The standard InChI is InChI=1S/C18H23NO/c1-3-4-6-15-9-11-17(12-10-15)20-13-16-7-5-8-18(19)14(16)2/h5,7-12H,3-4,6,13,19H2,1-2H3. The van der Waals surface area contributed by atoms with Crippen LogP contribution in [-0.4, -0.2) is 0 Å². The highest BCUT2D eigenvalue weighted by atomic mass is 16.5. The monoisotopic (exact) mass is 269 g/mol. The Bertz CT molecular complexity index is 546. The lowest BCUT2D eigenvalue weighted by Gasteiger charge is -2.10. The van der Waals surface area contributed by atoms with Crippen LogP contribution in [-0.2, 0) is 13.0 Å². The van der Waals surface area contributed by atoms with E-state index in [0.717, 1.165) is 29.0 Å². The molecule has 2 N–H and O–H groups in total. The number of aryl methyl sites for hydroxylation is 1. The summed E-state index contributed by atoms with van der Waals surface area (Å²) in [7, 11) is 0. The fourth-order valence-electron chi connectivity index (χ4n) is 2.15. The number of nitrogen functional groups attached to an aromatic ring is 1. The molecule has 0 aliphatic heterocycles. The van der Waals surface area contributed by atoms with E-state index in [0.29, 0.717) is 6.61 Å². The van der Waals surface area contributed by atoms with Crippen molar-refractivity contribution in [2.24, 2.45) is 0 Å². The molecule has 0 saturated carbocycles. The number of nitrogens with two attached hydrogens (primary N) is 1. The highest BCUT2D eigenvalue weighted by Crippen LogP contribution is 2.19. The number of hydrogen-bond acceptors (Lipinski definition) is 2. The van der Waals surface area contributed by atoms with Crippen LogP contribution in [0.25, 0.3) is 0 Å². The molecular weight excluding hydrogens is 246 g/mol. The Morgan fingerprint density at radius 3 is 2.50 bits per heavy atom. The summed E-state index contributed by atoms with van der Waals surface area (Å²) < 4.78 is 5.83. The van der Waals surface area contributed by atoms with Gasteiger partial charge in [0.2, 0.25) is 0 Å². The van der Waals surface area contributed by atoms with Crippen molar-refractivity contribution < 1.29 is 4.74 Å². The number of rotatable bonds is 6. The molecule has 2 aromatic carbocycles. The molecule has 2 aromatic rings. The predicted molar refractivity (Wildman–Crippen MR) is 85.0 cm³/mol. The average molecular weight is 269 g/mol. The van der Waals surface area contributed by atoms with E-state index in [-0.39, 0.29) is 0 Å². The van der Waals surface area contributed by atoms with Crippen molar-refractivity contribution in [1.29, 1.82) is 0 Å². The molecule has 0 saturated heterocycles. The van der Waals surface area contributed by atoms with E-state index in [9.17, 15) is 0 Å². The van der Waals surface area contributed by atoms with E-state index in [4.69, 9.17) is 10.5 Å². The summed E-state index contributed by atoms with van der Waals surface area (Å²) in [6.45, 7) is 4.80. The third-order valence-corrected chi connectivity index (χ3v) is 3.62. The molecule has 0 radical (unpaired) electrons. The maximum absolute atomic E-state index is 5.90.